The SMILES string of the molecule is CC(=O)CC(C)(C)C.CC(C)(C)C(=O)N1CCCC1C(C)(C)C.CC(C)(C)CC(C)(C)C.CC(C)(C)CS(=O)(=O)C(C)(C)C.CC(C)(C)Cc1c(CC(C)(C)C)c(=O)c1=O.CC(C)(C)NC(=O)C(C)(C)C.CC(C)(C)NS(=O)(=O)C(C)(C)C.CC(C)C.CC(C)C.CC(C)CC(=O)C(C)(C)C.CC(C)OC(C)(C)C.CC(CC(C)(C)C)=NC#N. The molecule has 1 aliphatic heterocycles. The number of ketones is 2. The topological polar surface area (TPSA) is 243 Å². The number of sulfone groups is 1. The highest BCUT2D eigenvalue weighted by atomic mass is 32.2. The highest BCUT2D eigenvalue weighted by molar-refractivity contribution is 7.92. The van der Waals surface area contributed by atoms with Gasteiger partial charge in [-0.25, -0.2) is 21.6 Å². The van der Waals surface area contributed by atoms with Gasteiger partial charge >= 0.3 is 0 Å². The number of carbonyl (C=O) groups is 4. The van der Waals surface area contributed by atoms with E-state index in [1.807, 2.05) is 145 Å². The van der Waals surface area contributed by atoms with Crippen LogP contribution in [0.4, 0.5) is 0 Å². The molecule has 1 aromatic carbocycles. The molecular formula is C101H207N5O11S2. The van der Waals surface area contributed by atoms with Crippen LogP contribution < -0.4 is 20.9 Å². The van der Waals surface area contributed by atoms with E-state index >= 15 is 0 Å². The van der Waals surface area contributed by atoms with E-state index in [0.717, 1.165) is 54.5 Å². The standard InChI is InChI=1S/C14H22O2.C13H25NO.C9H19NO.C9H20O2S.C9H18O.C9H20.C8H14N2.C8H19NO2S.C7H14O.C7H16O.2C4H10/c1-13(2,3)7-9-10(8-14(4,5)6)12(16)11(9)15;1-12(2,3)10-8-7-9-14(10)11(15)13(4,5)6;1-8(2,3)7(11)10-9(4,5)6;1-8(2,3)7-12(10,11)9(4,5)6;1-7(2)6-8(10)9(3,4)5;1-8(2,3)7-9(4,5)6;1-7(10-6-9)5-8(2,3)4;1-7(2,3)9-12(10,11)8(4,5)6;1-6(8)5-7(2,3)4;1-6(2)8-7(3,4)5;2*1-4(2)3/h7-8H2,1-6H3;10H,7-9H2,1-6H3;1-6H3,(H,10,11);7H2,1-6H3;7H,6H2,1-5H3;7H2,1-6H3;5H2,1-4H3;9H,1-6H3;5H2,1-4H3;6H,1-5H3;2*4H,1-3H3. The summed E-state index contributed by atoms with van der Waals surface area (Å²) in [5, 5.41) is 11.1. The zero-order valence-electron chi connectivity index (χ0n) is 90.6. The Bertz CT molecular complexity index is 3220. The van der Waals surface area contributed by atoms with Gasteiger partial charge in [0.2, 0.25) is 38.9 Å². The summed E-state index contributed by atoms with van der Waals surface area (Å²) in [6.07, 6.45) is 9.44. The minimum Gasteiger partial charge on any atom is -0.373 e. The van der Waals surface area contributed by atoms with E-state index in [2.05, 4.69) is 241 Å². The molecule has 0 aromatic heterocycles. The number of Topliss-reactive ketones (excluding diaryl/α,β-unsaturated/α-hetero) is 2. The molecule has 0 saturated carbocycles. The molecule has 2 rings (SSSR count). The van der Waals surface area contributed by atoms with Crippen LogP contribution in [0.2, 0.25) is 0 Å². The van der Waals surface area contributed by atoms with Crippen LogP contribution in [0.5, 0.6) is 0 Å². The fraction of sp³-hybridized carbons (Fsp3) is 0.901. The second-order valence-electron chi connectivity index (χ2n) is 52.7. The molecule has 0 radical (unpaired) electrons. The molecule has 1 aromatic rings. The normalized spacial score (nSPS) is 14.3. The van der Waals surface area contributed by atoms with Gasteiger partial charge in [-0.1, -0.05) is 284 Å². The molecule has 1 heterocycles. The number of nitrogens with zero attached hydrogens (tertiary/aromatic N) is 3. The molecular weight excluding hydrogens is 1520 g/mol. The van der Waals surface area contributed by atoms with E-state index in [-0.39, 0.29) is 88.2 Å². The molecule has 0 aliphatic carbocycles. The van der Waals surface area contributed by atoms with Crippen molar-refractivity contribution in [1.29, 1.82) is 5.26 Å². The second kappa shape index (κ2) is 54.4. The second-order valence-corrected chi connectivity index (χ2v) is 57.8. The molecule has 1 unspecified atom stereocenters. The first-order valence-corrected chi connectivity index (χ1v) is 47.5. The Morgan fingerprint density at radius 1 is 0.471 bits per heavy atom. The van der Waals surface area contributed by atoms with Crippen molar-refractivity contribution in [1.82, 2.24) is 14.9 Å². The highest BCUT2D eigenvalue weighted by Crippen LogP contribution is 2.36. The number of nitrogens with one attached hydrogen (secondary N) is 2. The maximum Gasteiger partial charge on any atom is 0.229 e. The Hall–Kier alpha value is -3.66. The lowest BCUT2D eigenvalue weighted by Gasteiger charge is -2.38. The van der Waals surface area contributed by atoms with Gasteiger partial charge in [-0.3, -0.25) is 24.0 Å². The van der Waals surface area contributed by atoms with E-state index < -0.39 is 34.9 Å². The van der Waals surface area contributed by atoms with Crippen molar-refractivity contribution >= 4 is 49.0 Å². The Morgan fingerprint density at radius 2 is 0.807 bits per heavy atom. The maximum atomic E-state index is 12.2. The predicted octanol–water partition coefficient (Wildman–Crippen LogP) is 27.3. The van der Waals surface area contributed by atoms with Gasteiger partial charge in [0.1, 0.15) is 11.6 Å². The molecule has 1 saturated heterocycles. The Morgan fingerprint density at radius 3 is 0.941 bits per heavy atom. The van der Waals surface area contributed by atoms with Gasteiger partial charge < -0.3 is 19.7 Å². The number of likely N-dealkylation sites (tertiary alicyclic amines) is 1. The lowest BCUT2D eigenvalue weighted by atomic mass is 9.78. The van der Waals surface area contributed by atoms with Gasteiger partial charge in [-0.2, -0.15) is 10.3 Å². The van der Waals surface area contributed by atoms with Crippen molar-refractivity contribution in [2.45, 2.75) is 505 Å². The smallest absolute Gasteiger partial charge is 0.229 e. The van der Waals surface area contributed by atoms with Crippen LogP contribution in [0, 0.1) is 88.8 Å². The molecule has 119 heavy (non-hydrogen) atoms. The third-order valence-electron chi connectivity index (χ3n) is 14.5. The molecule has 1 aliphatic rings. The van der Waals surface area contributed by atoms with E-state index in [9.17, 15) is 45.6 Å². The van der Waals surface area contributed by atoms with Gasteiger partial charge in [-0.15, -0.1) is 0 Å². The maximum absolute atomic E-state index is 12.2. The van der Waals surface area contributed by atoms with Crippen LogP contribution in [0.3, 0.4) is 0 Å². The lowest BCUT2D eigenvalue weighted by Crippen LogP contribution is -2.48. The van der Waals surface area contributed by atoms with E-state index in [1.54, 1.807) is 54.7 Å². The molecule has 18 heteroatoms. The van der Waals surface area contributed by atoms with Crippen LogP contribution in [-0.2, 0) is 56.6 Å². The summed E-state index contributed by atoms with van der Waals surface area (Å²) in [7, 11) is -6.16. The van der Waals surface area contributed by atoms with Crippen molar-refractivity contribution in [3.8, 4) is 6.19 Å². The Balaban J connectivity index is -0.000000138. The largest absolute Gasteiger partial charge is 0.373 e. The Labute approximate surface area is 742 Å². The molecule has 0 spiro atoms. The predicted molar refractivity (Wildman–Crippen MR) is 525 cm³/mol. The number of rotatable bonds is 9. The summed E-state index contributed by atoms with van der Waals surface area (Å²) in [4.78, 5) is 74.1. The number of nitriles is 1. The minimum absolute atomic E-state index is 0.0220. The lowest BCUT2D eigenvalue weighted by molar-refractivity contribution is -0.142. The molecule has 714 valence electrons. The summed E-state index contributed by atoms with van der Waals surface area (Å²) in [5.41, 5.74) is 2.34. The Kier molecular flexibility index (Phi) is 62.1. The third-order valence-corrected chi connectivity index (χ3v) is 20.2. The summed E-state index contributed by atoms with van der Waals surface area (Å²) in [6.45, 7) is 123. The molecule has 0 bridgehead atoms. The van der Waals surface area contributed by atoms with Gasteiger partial charge in [0.25, 0.3) is 0 Å². The van der Waals surface area contributed by atoms with Crippen LogP contribution in [0.15, 0.2) is 14.6 Å². The average molecular weight is 1730 g/mol. The van der Waals surface area contributed by atoms with E-state index in [1.165, 1.54) is 6.42 Å². The van der Waals surface area contributed by atoms with Crippen molar-refractivity contribution < 1.29 is 40.8 Å². The van der Waals surface area contributed by atoms with Crippen LogP contribution in [0.25, 0.3) is 0 Å². The monoisotopic (exact) mass is 1730 g/mol. The average Bonchev–Trinajstić information content (AvgIpc) is 1.21. The zero-order chi connectivity index (χ0) is 99.3. The first kappa shape index (κ1) is 136. The number of ether oxygens (including phenoxy) is 1. The van der Waals surface area contributed by atoms with Gasteiger partial charge in [0, 0.05) is 69.6 Å². The van der Waals surface area contributed by atoms with Crippen LogP contribution >= 0.6 is 0 Å². The fourth-order valence-corrected chi connectivity index (χ4v) is 13.4. The first-order valence-electron chi connectivity index (χ1n) is 44.3. The van der Waals surface area contributed by atoms with Gasteiger partial charge in [-0.05, 0) is 231 Å². The highest BCUT2D eigenvalue weighted by Gasteiger charge is 2.41. The molecule has 2 amide bonds. The fourth-order valence-electron chi connectivity index (χ4n) is 10.7. The zero-order valence-corrected chi connectivity index (χ0v) is 92.2. The number of hydrogen-bond acceptors (Lipinski definition) is 13. The number of carbonyl (C=O) groups excluding carboxylic acids is 4. The van der Waals surface area contributed by atoms with Crippen molar-refractivity contribution in [2.24, 2.45) is 82.3 Å². The molecule has 1 fully saturated rings. The molecule has 1 atom stereocenters. The van der Waals surface area contributed by atoms with Gasteiger partial charge in [0.15, 0.2) is 9.84 Å². The van der Waals surface area contributed by atoms with E-state index in [0.29, 0.717) is 66.3 Å². The van der Waals surface area contributed by atoms with E-state index in [4.69, 9.17) is 10.00 Å². The summed E-state index contributed by atoms with van der Waals surface area (Å²) in [5.74, 6) is 3.46. The number of amides is 2. The molecule has 2 N–H and O–H groups in total. The quantitative estimate of drug-likeness (QED) is 0.133. The van der Waals surface area contributed by atoms with Crippen LogP contribution in [0.1, 0.15) is 465 Å². The summed E-state index contributed by atoms with van der Waals surface area (Å²) >= 11 is 0. The molecule has 16 nitrogen and oxygen atoms in total. The minimum atomic E-state index is -3.21. The number of hydrogen-bond donors (Lipinski definition) is 2. The number of aliphatic imine (C=N–C) groups is 1. The van der Waals surface area contributed by atoms with Crippen molar-refractivity contribution in [3.05, 3.63) is 31.6 Å². The number of sulfonamides is 1. The summed E-state index contributed by atoms with van der Waals surface area (Å²) in [6, 6.07) is 0.421. The summed E-state index contributed by atoms with van der Waals surface area (Å²) < 4.78 is 53.1. The van der Waals surface area contributed by atoms with Gasteiger partial charge in [0.05, 0.1) is 27.0 Å². The van der Waals surface area contributed by atoms with Crippen LogP contribution in [-0.4, -0.2) is 101 Å². The van der Waals surface area contributed by atoms with Crippen molar-refractivity contribution in [2.75, 3.05) is 12.3 Å². The first-order chi connectivity index (χ1) is 51.0. The van der Waals surface area contributed by atoms with Crippen molar-refractivity contribution in [3.63, 3.8) is 0 Å². The third kappa shape index (κ3) is 94.9.